The van der Waals surface area contributed by atoms with Crippen LogP contribution in [0.25, 0.3) is 0 Å². The molecule has 1 aromatic carbocycles. The SMILES string of the molecule is C=CCCC(O)COc1ccc(Cl)cc1. The van der Waals surface area contributed by atoms with E-state index >= 15 is 0 Å². The van der Waals surface area contributed by atoms with Gasteiger partial charge in [-0.25, -0.2) is 0 Å². The summed E-state index contributed by atoms with van der Waals surface area (Å²) in [7, 11) is 0. The van der Waals surface area contributed by atoms with E-state index in [0.717, 1.165) is 12.2 Å². The van der Waals surface area contributed by atoms with E-state index < -0.39 is 6.10 Å². The lowest BCUT2D eigenvalue weighted by Gasteiger charge is -2.11. The van der Waals surface area contributed by atoms with Crippen LogP contribution in [0, 0.1) is 0 Å². The number of hydrogen-bond acceptors (Lipinski definition) is 2. The predicted octanol–water partition coefficient (Wildman–Crippen LogP) is 3.05. The molecule has 0 aliphatic carbocycles. The van der Waals surface area contributed by atoms with Gasteiger partial charge in [-0.2, -0.15) is 0 Å². The summed E-state index contributed by atoms with van der Waals surface area (Å²) in [5.74, 6) is 0.719. The zero-order valence-electron chi connectivity index (χ0n) is 8.53. The van der Waals surface area contributed by atoms with Crippen LogP contribution in [-0.2, 0) is 0 Å². The second-order valence-corrected chi connectivity index (χ2v) is 3.72. The summed E-state index contributed by atoms with van der Waals surface area (Å²) in [6, 6.07) is 7.07. The Morgan fingerprint density at radius 1 is 1.40 bits per heavy atom. The lowest BCUT2D eigenvalue weighted by molar-refractivity contribution is 0.101. The van der Waals surface area contributed by atoms with Crippen LogP contribution in [0.2, 0.25) is 5.02 Å². The van der Waals surface area contributed by atoms with Gasteiger partial charge in [0, 0.05) is 5.02 Å². The Balaban J connectivity index is 2.30. The van der Waals surface area contributed by atoms with Gasteiger partial charge in [-0.05, 0) is 37.1 Å². The zero-order valence-corrected chi connectivity index (χ0v) is 9.28. The van der Waals surface area contributed by atoms with Crippen molar-refractivity contribution in [3.63, 3.8) is 0 Å². The summed E-state index contributed by atoms with van der Waals surface area (Å²) >= 11 is 5.73. The fourth-order valence-corrected chi connectivity index (χ4v) is 1.24. The van der Waals surface area contributed by atoms with Gasteiger partial charge < -0.3 is 9.84 Å². The summed E-state index contributed by atoms with van der Waals surface area (Å²) in [5, 5.41) is 10.2. The molecular formula is C12H15ClO2. The molecular weight excluding hydrogens is 212 g/mol. The minimum Gasteiger partial charge on any atom is -0.491 e. The molecule has 0 bridgehead atoms. The highest BCUT2D eigenvalue weighted by Crippen LogP contribution is 2.15. The average molecular weight is 227 g/mol. The van der Waals surface area contributed by atoms with E-state index in [2.05, 4.69) is 6.58 Å². The number of rotatable bonds is 6. The second-order valence-electron chi connectivity index (χ2n) is 3.28. The van der Waals surface area contributed by atoms with E-state index in [0.29, 0.717) is 18.1 Å². The fraction of sp³-hybridized carbons (Fsp3) is 0.333. The molecule has 0 radical (unpaired) electrons. The number of benzene rings is 1. The number of aliphatic hydroxyl groups excluding tert-OH is 1. The van der Waals surface area contributed by atoms with E-state index in [1.807, 2.05) is 0 Å². The Bertz CT molecular complexity index is 295. The lowest BCUT2D eigenvalue weighted by atomic mass is 10.2. The first-order valence-electron chi connectivity index (χ1n) is 4.89. The van der Waals surface area contributed by atoms with Gasteiger partial charge in [0.25, 0.3) is 0 Å². The smallest absolute Gasteiger partial charge is 0.119 e. The third-order valence-corrected chi connectivity index (χ3v) is 2.21. The maximum atomic E-state index is 9.50. The Morgan fingerprint density at radius 2 is 2.07 bits per heavy atom. The van der Waals surface area contributed by atoms with Crippen LogP contribution in [0.4, 0.5) is 0 Å². The third-order valence-electron chi connectivity index (χ3n) is 1.96. The zero-order chi connectivity index (χ0) is 11.1. The molecule has 0 saturated carbocycles. The minimum atomic E-state index is -0.446. The van der Waals surface area contributed by atoms with Crippen molar-refractivity contribution in [2.24, 2.45) is 0 Å². The first-order valence-corrected chi connectivity index (χ1v) is 5.27. The summed E-state index contributed by atoms with van der Waals surface area (Å²) in [6.07, 6.45) is 2.81. The molecule has 1 atom stereocenters. The number of hydrogen-bond donors (Lipinski definition) is 1. The van der Waals surface area contributed by atoms with Crippen molar-refractivity contribution in [3.05, 3.63) is 41.9 Å². The summed E-state index contributed by atoms with van der Waals surface area (Å²) < 4.78 is 5.38. The molecule has 0 aliphatic rings. The van der Waals surface area contributed by atoms with Crippen LogP contribution in [0.3, 0.4) is 0 Å². The van der Waals surface area contributed by atoms with Crippen molar-refractivity contribution in [3.8, 4) is 5.75 Å². The Morgan fingerprint density at radius 3 is 2.67 bits per heavy atom. The molecule has 2 nitrogen and oxygen atoms in total. The van der Waals surface area contributed by atoms with E-state index in [9.17, 15) is 5.11 Å². The van der Waals surface area contributed by atoms with Crippen LogP contribution in [0.5, 0.6) is 5.75 Å². The predicted molar refractivity (Wildman–Crippen MR) is 62.4 cm³/mol. The van der Waals surface area contributed by atoms with Crippen molar-refractivity contribution in [2.45, 2.75) is 18.9 Å². The molecule has 1 rings (SSSR count). The third kappa shape index (κ3) is 4.86. The highest BCUT2D eigenvalue weighted by molar-refractivity contribution is 6.30. The topological polar surface area (TPSA) is 29.5 Å². The van der Waals surface area contributed by atoms with Crippen molar-refractivity contribution < 1.29 is 9.84 Å². The number of halogens is 1. The molecule has 1 unspecified atom stereocenters. The molecule has 1 aromatic rings. The van der Waals surface area contributed by atoms with Gasteiger partial charge in [-0.15, -0.1) is 6.58 Å². The molecule has 15 heavy (non-hydrogen) atoms. The van der Waals surface area contributed by atoms with Crippen LogP contribution in [0.15, 0.2) is 36.9 Å². The second kappa shape index (κ2) is 6.49. The van der Waals surface area contributed by atoms with E-state index in [-0.39, 0.29) is 0 Å². The molecule has 0 heterocycles. The number of aliphatic hydroxyl groups is 1. The standard InChI is InChI=1S/C12H15ClO2/c1-2-3-4-11(14)9-15-12-7-5-10(13)6-8-12/h2,5-8,11,14H,1,3-4,9H2. The molecule has 0 saturated heterocycles. The summed E-state index contributed by atoms with van der Waals surface area (Å²) in [6.45, 7) is 3.90. The van der Waals surface area contributed by atoms with Gasteiger partial charge in [-0.3, -0.25) is 0 Å². The summed E-state index contributed by atoms with van der Waals surface area (Å²) in [4.78, 5) is 0. The van der Waals surface area contributed by atoms with E-state index in [1.54, 1.807) is 30.3 Å². The van der Waals surface area contributed by atoms with E-state index in [4.69, 9.17) is 16.3 Å². The first-order chi connectivity index (χ1) is 7.22. The van der Waals surface area contributed by atoms with Crippen molar-refractivity contribution in [2.75, 3.05) is 6.61 Å². The minimum absolute atomic E-state index is 0.301. The lowest BCUT2D eigenvalue weighted by Crippen LogP contribution is -2.16. The van der Waals surface area contributed by atoms with Crippen LogP contribution < -0.4 is 4.74 Å². The van der Waals surface area contributed by atoms with Crippen LogP contribution in [-0.4, -0.2) is 17.8 Å². The number of allylic oxidation sites excluding steroid dienone is 1. The van der Waals surface area contributed by atoms with Crippen LogP contribution in [0.1, 0.15) is 12.8 Å². The molecule has 0 aromatic heterocycles. The largest absolute Gasteiger partial charge is 0.491 e. The van der Waals surface area contributed by atoms with Crippen molar-refractivity contribution in [1.29, 1.82) is 0 Å². The van der Waals surface area contributed by atoms with Gasteiger partial charge in [0.2, 0.25) is 0 Å². The normalized spacial score (nSPS) is 12.1. The molecule has 0 aliphatic heterocycles. The highest BCUT2D eigenvalue weighted by atomic mass is 35.5. The van der Waals surface area contributed by atoms with E-state index in [1.165, 1.54) is 0 Å². The molecule has 3 heteroatoms. The molecule has 0 amide bonds. The van der Waals surface area contributed by atoms with Gasteiger partial charge in [0.15, 0.2) is 0 Å². The molecule has 0 spiro atoms. The maximum Gasteiger partial charge on any atom is 0.119 e. The average Bonchev–Trinajstić information content (AvgIpc) is 2.25. The van der Waals surface area contributed by atoms with Crippen molar-refractivity contribution in [1.82, 2.24) is 0 Å². The highest BCUT2D eigenvalue weighted by Gasteiger charge is 2.03. The maximum absolute atomic E-state index is 9.50. The fourth-order valence-electron chi connectivity index (χ4n) is 1.12. The first kappa shape index (κ1) is 12.1. The van der Waals surface area contributed by atoms with Gasteiger partial charge in [0.1, 0.15) is 12.4 Å². The van der Waals surface area contributed by atoms with Crippen molar-refractivity contribution >= 4 is 11.6 Å². The quantitative estimate of drug-likeness (QED) is 0.756. The van der Waals surface area contributed by atoms with Gasteiger partial charge in [0.05, 0.1) is 6.10 Å². The molecule has 1 N–H and O–H groups in total. The van der Waals surface area contributed by atoms with Gasteiger partial charge in [-0.1, -0.05) is 17.7 Å². The van der Waals surface area contributed by atoms with Gasteiger partial charge >= 0.3 is 0 Å². The Hall–Kier alpha value is -0.990. The Kier molecular flexibility index (Phi) is 5.22. The monoisotopic (exact) mass is 226 g/mol. The molecule has 82 valence electrons. The van der Waals surface area contributed by atoms with Crippen LogP contribution >= 0.6 is 11.6 Å². The molecule has 0 fully saturated rings. The Labute approximate surface area is 95.1 Å². The summed E-state index contributed by atoms with van der Waals surface area (Å²) in [5.41, 5.74) is 0. The number of ether oxygens (including phenoxy) is 1.